The number of phosphoric ester groups is 1. The molecular formula is C40H71O12P. The molecule has 1 rings (SSSR count). The number of phosphoric acid groups is 1. The lowest BCUT2D eigenvalue weighted by molar-refractivity contribution is -0.220. The quantitative estimate of drug-likeness (QED) is 0.0179. The van der Waals surface area contributed by atoms with E-state index in [2.05, 4.69) is 62.5 Å². The molecule has 1 aliphatic carbocycles. The molecule has 0 amide bonds. The first-order valence-electron chi connectivity index (χ1n) is 20.0. The van der Waals surface area contributed by atoms with Crippen molar-refractivity contribution in [3.05, 3.63) is 48.6 Å². The number of ether oxygens (including phenoxy) is 2. The van der Waals surface area contributed by atoms with Crippen LogP contribution < -0.4 is 0 Å². The molecule has 0 aromatic carbocycles. The van der Waals surface area contributed by atoms with Crippen molar-refractivity contribution < 1.29 is 58.3 Å². The standard InChI is InChI=1S/C40H71O12P/c1-3-5-7-9-11-13-14-15-16-17-18-19-20-21-22-24-26-28-30-49-31-33(51-34(41)29-27-25-23-12-10-8-6-4-2)32-50-53(47,48)52-40-38(45)36(43)35(42)37(44)39(40)46/h5,7,11,13,15-16,18-19,33,35-40,42-46H,3-4,6,8-10,12,14,17,20-32H2,1-2H3,(H,47,48)/b7-5-,13-11-,16-15-,19-18-. The van der Waals surface area contributed by atoms with Crippen LogP contribution in [0.5, 0.6) is 0 Å². The Bertz CT molecular complexity index is 1060. The molecule has 308 valence electrons. The summed E-state index contributed by atoms with van der Waals surface area (Å²) in [5, 5.41) is 49.9. The molecule has 6 unspecified atom stereocenters. The van der Waals surface area contributed by atoms with Crippen molar-refractivity contribution in [2.24, 2.45) is 0 Å². The Balaban J connectivity index is 2.43. The number of hydrogen-bond acceptors (Lipinski definition) is 11. The second kappa shape index (κ2) is 31.5. The van der Waals surface area contributed by atoms with Crippen LogP contribution in [-0.2, 0) is 27.9 Å². The molecule has 1 saturated carbocycles. The smallest absolute Gasteiger partial charge is 0.457 e. The van der Waals surface area contributed by atoms with Gasteiger partial charge in [-0.1, -0.05) is 127 Å². The van der Waals surface area contributed by atoms with Gasteiger partial charge in [0.1, 0.15) is 42.7 Å². The number of allylic oxidation sites excluding steroid dienone is 8. The summed E-state index contributed by atoms with van der Waals surface area (Å²) in [7, 11) is -5.01. The number of esters is 1. The molecule has 0 bridgehead atoms. The van der Waals surface area contributed by atoms with Crippen LogP contribution in [0.2, 0.25) is 0 Å². The van der Waals surface area contributed by atoms with E-state index in [1.54, 1.807) is 0 Å². The van der Waals surface area contributed by atoms with Gasteiger partial charge in [0.2, 0.25) is 0 Å². The van der Waals surface area contributed by atoms with Gasteiger partial charge in [0.05, 0.1) is 13.2 Å². The third-order valence-electron chi connectivity index (χ3n) is 8.97. The largest absolute Gasteiger partial charge is 0.472 e. The zero-order valence-electron chi connectivity index (χ0n) is 32.3. The lowest BCUT2D eigenvalue weighted by Gasteiger charge is -2.41. The van der Waals surface area contributed by atoms with E-state index >= 15 is 0 Å². The number of aliphatic hydroxyl groups excluding tert-OH is 5. The summed E-state index contributed by atoms with van der Waals surface area (Å²) in [5.41, 5.74) is 0. The number of carbonyl (C=O) groups is 1. The molecule has 0 aromatic heterocycles. The van der Waals surface area contributed by atoms with E-state index in [4.69, 9.17) is 18.5 Å². The van der Waals surface area contributed by atoms with Crippen LogP contribution in [0.4, 0.5) is 0 Å². The maximum atomic E-state index is 12.7. The van der Waals surface area contributed by atoms with Crippen LogP contribution in [0.1, 0.15) is 136 Å². The fourth-order valence-corrected chi connectivity index (χ4v) is 6.73. The Hall–Kier alpha value is -1.70. The minimum atomic E-state index is -5.01. The van der Waals surface area contributed by atoms with Gasteiger partial charge in [-0.3, -0.25) is 13.8 Å². The van der Waals surface area contributed by atoms with Gasteiger partial charge in [0.15, 0.2) is 0 Å². The first-order chi connectivity index (χ1) is 25.5. The highest BCUT2D eigenvalue weighted by Crippen LogP contribution is 2.47. The maximum absolute atomic E-state index is 12.7. The minimum Gasteiger partial charge on any atom is -0.457 e. The second-order valence-electron chi connectivity index (χ2n) is 13.8. The van der Waals surface area contributed by atoms with E-state index in [-0.39, 0.29) is 13.0 Å². The van der Waals surface area contributed by atoms with Crippen molar-refractivity contribution in [2.45, 2.75) is 179 Å². The van der Waals surface area contributed by atoms with Crippen LogP contribution >= 0.6 is 7.82 Å². The predicted molar refractivity (Wildman–Crippen MR) is 207 cm³/mol. The molecule has 53 heavy (non-hydrogen) atoms. The SMILES string of the molecule is CC/C=C\C/C=C\C/C=C\C/C=C\CCCCCCCOCC(COP(=O)(O)OC1C(O)C(O)C(O)C(O)C1O)OC(=O)CCCCCCCCCC. The summed E-state index contributed by atoms with van der Waals surface area (Å²) in [5.74, 6) is -0.492. The highest BCUT2D eigenvalue weighted by atomic mass is 31.2. The average Bonchev–Trinajstić information content (AvgIpc) is 3.14. The van der Waals surface area contributed by atoms with E-state index in [1.807, 2.05) is 0 Å². The summed E-state index contributed by atoms with van der Waals surface area (Å²) in [6.45, 7) is 4.03. The van der Waals surface area contributed by atoms with Gasteiger partial charge in [-0.2, -0.15) is 0 Å². The zero-order chi connectivity index (χ0) is 39.2. The molecule has 6 atom stereocenters. The molecule has 1 fully saturated rings. The number of aliphatic hydroxyl groups is 5. The molecule has 12 nitrogen and oxygen atoms in total. The second-order valence-corrected chi connectivity index (χ2v) is 15.2. The van der Waals surface area contributed by atoms with Gasteiger partial charge in [-0.25, -0.2) is 4.57 Å². The van der Waals surface area contributed by atoms with E-state index in [9.17, 15) is 39.8 Å². The molecule has 6 N–H and O–H groups in total. The highest BCUT2D eigenvalue weighted by Gasteiger charge is 2.51. The van der Waals surface area contributed by atoms with Crippen LogP contribution in [0.25, 0.3) is 0 Å². The molecule has 1 aliphatic rings. The number of rotatable bonds is 32. The van der Waals surface area contributed by atoms with Gasteiger partial charge in [0.25, 0.3) is 0 Å². The summed E-state index contributed by atoms with van der Waals surface area (Å²) in [6.07, 6.45) is 23.5. The topological polar surface area (TPSA) is 192 Å². The minimum absolute atomic E-state index is 0.0900. The van der Waals surface area contributed by atoms with Crippen LogP contribution in [0.15, 0.2) is 48.6 Å². The molecule has 0 radical (unpaired) electrons. The van der Waals surface area contributed by atoms with Crippen molar-refractivity contribution in [1.82, 2.24) is 0 Å². The predicted octanol–water partition coefficient (Wildman–Crippen LogP) is 6.91. The van der Waals surface area contributed by atoms with E-state index < -0.39 is 63.1 Å². The molecule has 0 aliphatic heterocycles. The number of carbonyl (C=O) groups excluding carboxylic acids is 1. The van der Waals surface area contributed by atoms with Crippen LogP contribution in [0.3, 0.4) is 0 Å². The Kier molecular flexibility index (Phi) is 29.3. The third-order valence-corrected chi connectivity index (χ3v) is 9.95. The zero-order valence-corrected chi connectivity index (χ0v) is 33.2. The van der Waals surface area contributed by atoms with E-state index in [0.29, 0.717) is 13.0 Å². The van der Waals surface area contributed by atoms with Crippen molar-refractivity contribution >= 4 is 13.8 Å². The lowest BCUT2D eigenvalue weighted by Crippen LogP contribution is -2.64. The lowest BCUT2D eigenvalue weighted by atomic mass is 9.85. The van der Waals surface area contributed by atoms with Gasteiger partial charge in [-0.15, -0.1) is 0 Å². The summed E-state index contributed by atoms with van der Waals surface area (Å²) < 4.78 is 33.9. The average molecular weight is 775 g/mol. The summed E-state index contributed by atoms with van der Waals surface area (Å²) in [4.78, 5) is 22.9. The summed E-state index contributed by atoms with van der Waals surface area (Å²) in [6, 6.07) is 0. The van der Waals surface area contributed by atoms with Gasteiger partial charge < -0.3 is 39.9 Å². The number of unbranched alkanes of at least 4 members (excludes halogenated alkanes) is 12. The first kappa shape index (κ1) is 49.3. The van der Waals surface area contributed by atoms with Crippen LogP contribution in [0, 0.1) is 0 Å². The molecule has 0 spiro atoms. The Labute approximate surface area is 318 Å². The summed E-state index contributed by atoms with van der Waals surface area (Å²) >= 11 is 0. The van der Waals surface area contributed by atoms with Crippen molar-refractivity contribution in [1.29, 1.82) is 0 Å². The molecular weight excluding hydrogens is 703 g/mol. The Morgan fingerprint density at radius 3 is 1.70 bits per heavy atom. The first-order valence-corrected chi connectivity index (χ1v) is 21.5. The Morgan fingerprint density at radius 2 is 1.11 bits per heavy atom. The Morgan fingerprint density at radius 1 is 0.623 bits per heavy atom. The monoisotopic (exact) mass is 774 g/mol. The molecule has 0 saturated heterocycles. The fraction of sp³-hybridized carbons (Fsp3) is 0.775. The van der Waals surface area contributed by atoms with Gasteiger partial charge in [0, 0.05) is 13.0 Å². The highest BCUT2D eigenvalue weighted by molar-refractivity contribution is 7.47. The fourth-order valence-electron chi connectivity index (χ4n) is 5.76. The van der Waals surface area contributed by atoms with Crippen molar-refractivity contribution in [3.63, 3.8) is 0 Å². The molecule has 0 aromatic rings. The molecule has 13 heteroatoms. The number of hydrogen-bond donors (Lipinski definition) is 6. The molecule has 0 heterocycles. The van der Waals surface area contributed by atoms with Crippen LogP contribution in [-0.4, -0.2) is 98.9 Å². The van der Waals surface area contributed by atoms with E-state index in [1.165, 1.54) is 25.7 Å². The van der Waals surface area contributed by atoms with Gasteiger partial charge >= 0.3 is 13.8 Å². The van der Waals surface area contributed by atoms with E-state index in [0.717, 1.165) is 83.5 Å². The maximum Gasteiger partial charge on any atom is 0.472 e. The van der Waals surface area contributed by atoms with Gasteiger partial charge in [-0.05, 0) is 51.4 Å². The van der Waals surface area contributed by atoms with Crippen molar-refractivity contribution in [2.75, 3.05) is 19.8 Å². The van der Waals surface area contributed by atoms with Crippen molar-refractivity contribution in [3.8, 4) is 0 Å². The normalized spacial score (nSPS) is 24.2. The third kappa shape index (κ3) is 24.4.